The number of dihydropyridines is 1. The number of anilines is 1. The minimum atomic E-state index is 0.206. The summed E-state index contributed by atoms with van der Waals surface area (Å²) in [6, 6.07) is 10.8. The van der Waals surface area contributed by atoms with Crippen molar-refractivity contribution in [2.75, 3.05) is 5.73 Å². The highest BCUT2D eigenvalue weighted by atomic mass is 15.1. The van der Waals surface area contributed by atoms with Gasteiger partial charge in [0.1, 0.15) is 17.2 Å². The Labute approximate surface area is 188 Å². The fourth-order valence-corrected chi connectivity index (χ4v) is 5.48. The number of fused-ring (bicyclic) bond motifs is 2. The predicted octanol–water partition coefficient (Wildman–Crippen LogP) is 5.20. The lowest BCUT2D eigenvalue weighted by molar-refractivity contribution is 0.246. The smallest absolute Gasteiger partial charge is 0.149 e. The van der Waals surface area contributed by atoms with Gasteiger partial charge in [-0.1, -0.05) is 61.9 Å². The van der Waals surface area contributed by atoms with Crippen LogP contribution in [-0.4, -0.2) is 20.4 Å². The maximum absolute atomic E-state index is 6.39. The van der Waals surface area contributed by atoms with Crippen molar-refractivity contribution in [3.63, 3.8) is 0 Å². The minimum absolute atomic E-state index is 0.206. The van der Waals surface area contributed by atoms with Gasteiger partial charge in [0.05, 0.1) is 11.7 Å². The van der Waals surface area contributed by atoms with Crippen molar-refractivity contribution in [1.29, 1.82) is 0 Å². The molecule has 1 saturated carbocycles. The lowest BCUT2D eigenvalue weighted by Crippen LogP contribution is -2.34. The molecule has 3 aromatic rings. The topological polar surface area (TPSA) is 68.2 Å². The highest BCUT2D eigenvalue weighted by Crippen LogP contribution is 2.45. The quantitative estimate of drug-likeness (QED) is 0.605. The zero-order valence-corrected chi connectivity index (χ0v) is 18.4. The van der Waals surface area contributed by atoms with Crippen molar-refractivity contribution in [3.05, 3.63) is 89.7 Å². The lowest BCUT2D eigenvalue weighted by Gasteiger charge is -2.33. The summed E-state index contributed by atoms with van der Waals surface area (Å²) < 4.78 is 2.21. The lowest BCUT2D eigenvalue weighted by atomic mass is 9.73. The minimum Gasteiger partial charge on any atom is -0.382 e. The number of nitrogens with two attached hydrogens (primary N) is 1. The summed E-state index contributed by atoms with van der Waals surface area (Å²) >= 11 is 0. The molecule has 6 rings (SSSR count). The van der Waals surface area contributed by atoms with Gasteiger partial charge in [0.15, 0.2) is 0 Å². The molecule has 0 bridgehead atoms. The van der Waals surface area contributed by atoms with E-state index in [0.29, 0.717) is 11.7 Å². The molecule has 1 aromatic carbocycles. The molecule has 1 aliphatic heterocycles. The standard InChI is InChI=1S/C27H29N5/c1-2-17-14-21(15-17)27-31-24(25-26(28)29-12-13-32(25)27)20-9-8-19-10-11-22(30-23(19)16-20)18-6-4-3-5-7-18/h3-13,17,20-21,23,30H,2,14-16H2,1H3,(H2,28,29). The molecule has 32 heavy (non-hydrogen) atoms. The van der Waals surface area contributed by atoms with Crippen LogP contribution in [0.1, 0.15) is 61.5 Å². The Bertz CT molecular complexity index is 1240. The maximum Gasteiger partial charge on any atom is 0.149 e. The molecule has 2 aromatic heterocycles. The third-order valence-corrected chi connectivity index (χ3v) is 7.44. The van der Waals surface area contributed by atoms with Gasteiger partial charge in [0.2, 0.25) is 0 Å². The first-order chi connectivity index (χ1) is 15.7. The second-order valence-corrected chi connectivity index (χ2v) is 9.34. The molecule has 2 aliphatic carbocycles. The molecule has 3 aliphatic rings. The summed E-state index contributed by atoms with van der Waals surface area (Å²) in [6.45, 7) is 2.28. The van der Waals surface area contributed by atoms with Crippen molar-refractivity contribution < 1.29 is 0 Å². The number of benzene rings is 1. The largest absolute Gasteiger partial charge is 0.382 e. The van der Waals surface area contributed by atoms with E-state index in [2.05, 4.69) is 76.3 Å². The van der Waals surface area contributed by atoms with E-state index in [1.807, 2.05) is 6.20 Å². The summed E-state index contributed by atoms with van der Waals surface area (Å²) in [4.78, 5) is 9.61. The monoisotopic (exact) mass is 423 g/mol. The molecule has 0 saturated heterocycles. The Morgan fingerprint density at radius 1 is 1.12 bits per heavy atom. The van der Waals surface area contributed by atoms with Crippen LogP contribution < -0.4 is 11.1 Å². The van der Waals surface area contributed by atoms with E-state index in [-0.39, 0.29) is 12.0 Å². The first kappa shape index (κ1) is 19.4. The Kier molecular flexibility index (Phi) is 4.63. The van der Waals surface area contributed by atoms with E-state index < -0.39 is 0 Å². The van der Waals surface area contributed by atoms with Crippen LogP contribution in [0.15, 0.2) is 72.6 Å². The second kappa shape index (κ2) is 7.66. The zero-order chi connectivity index (χ0) is 21.7. The number of hydrogen-bond donors (Lipinski definition) is 2. The first-order valence-electron chi connectivity index (χ1n) is 11.8. The molecule has 5 heteroatoms. The Balaban J connectivity index is 1.33. The van der Waals surface area contributed by atoms with Crippen LogP contribution in [0, 0.1) is 5.92 Å². The molecule has 3 N–H and O–H groups in total. The summed E-state index contributed by atoms with van der Waals surface area (Å²) in [5.41, 5.74) is 12.1. The van der Waals surface area contributed by atoms with Gasteiger partial charge in [0.25, 0.3) is 0 Å². The normalized spacial score (nSPS) is 26.7. The molecule has 2 unspecified atom stereocenters. The van der Waals surface area contributed by atoms with Crippen molar-refractivity contribution >= 4 is 17.0 Å². The maximum atomic E-state index is 6.39. The average molecular weight is 424 g/mol. The van der Waals surface area contributed by atoms with E-state index >= 15 is 0 Å². The van der Waals surface area contributed by atoms with Crippen LogP contribution >= 0.6 is 0 Å². The molecule has 5 nitrogen and oxygen atoms in total. The number of aromatic nitrogens is 3. The molecule has 1 fully saturated rings. The Hall–Kier alpha value is -3.34. The second-order valence-electron chi connectivity index (χ2n) is 9.34. The molecule has 2 atom stereocenters. The summed E-state index contributed by atoms with van der Waals surface area (Å²) in [7, 11) is 0. The molecule has 0 radical (unpaired) electrons. The fourth-order valence-electron chi connectivity index (χ4n) is 5.48. The predicted molar refractivity (Wildman–Crippen MR) is 129 cm³/mol. The van der Waals surface area contributed by atoms with Gasteiger partial charge in [0, 0.05) is 29.9 Å². The van der Waals surface area contributed by atoms with E-state index in [1.54, 1.807) is 6.20 Å². The average Bonchev–Trinajstić information content (AvgIpc) is 3.19. The number of rotatable bonds is 4. The number of nitrogen functional groups attached to an aromatic ring is 1. The fraction of sp³-hybridized carbons (Fsp3) is 0.333. The highest BCUT2D eigenvalue weighted by Gasteiger charge is 2.35. The number of nitrogens with one attached hydrogen (secondary N) is 1. The molecule has 3 heterocycles. The van der Waals surface area contributed by atoms with E-state index in [9.17, 15) is 0 Å². The van der Waals surface area contributed by atoms with E-state index in [4.69, 9.17) is 10.7 Å². The highest BCUT2D eigenvalue weighted by molar-refractivity contribution is 5.72. The molecular weight excluding hydrogens is 394 g/mol. The van der Waals surface area contributed by atoms with Gasteiger partial charge < -0.3 is 11.1 Å². The van der Waals surface area contributed by atoms with Crippen molar-refractivity contribution in [2.45, 2.75) is 50.5 Å². The van der Waals surface area contributed by atoms with Crippen molar-refractivity contribution in [3.8, 4) is 0 Å². The van der Waals surface area contributed by atoms with Crippen molar-refractivity contribution in [2.24, 2.45) is 5.92 Å². The SMILES string of the molecule is CCC1CC(c2nc(C3C=CC4=CC=C(c5ccccc5)NC4C3)c3c(N)nccn23)C1. The van der Waals surface area contributed by atoms with Crippen LogP contribution in [0.25, 0.3) is 11.2 Å². The van der Waals surface area contributed by atoms with Crippen LogP contribution in [0.5, 0.6) is 0 Å². The van der Waals surface area contributed by atoms with Gasteiger partial charge in [-0.15, -0.1) is 0 Å². The Morgan fingerprint density at radius 3 is 2.78 bits per heavy atom. The molecular formula is C27H29N5. The van der Waals surface area contributed by atoms with Gasteiger partial charge in [-0.05, 0) is 42.4 Å². The zero-order valence-electron chi connectivity index (χ0n) is 18.4. The molecule has 0 spiro atoms. The molecule has 162 valence electrons. The third kappa shape index (κ3) is 3.15. The molecule has 0 amide bonds. The van der Waals surface area contributed by atoms with Gasteiger partial charge >= 0.3 is 0 Å². The van der Waals surface area contributed by atoms with Gasteiger partial charge in [-0.25, -0.2) is 9.97 Å². The van der Waals surface area contributed by atoms with Crippen LogP contribution in [0.2, 0.25) is 0 Å². The number of hydrogen-bond acceptors (Lipinski definition) is 4. The number of nitrogens with zero attached hydrogens (tertiary/aromatic N) is 3. The summed E-state index contributed by atoms with van der Waals surface area (Å²) in [5.74, 6) is 3.28. The summed E-state index contributed by atoms with van der Waals surface area (Å²) in [5, 5.41) is 3.76. The van der Waals surface area contributed by atoms with E-state index in [1.165, 1.54) is 36.1 Å². The number of imidazole rings is 1. The first-order valence-corrected chi connectivity index (χ1v) is 11.8. The number of allylic oxidation sites excluding steroid dienone is 3. The third-order valence-electron chi connectivity index (χ3n) is 7.44. The van der Waals surface area contributed by atoms with E-state index in [0.717, 1.165) is 29.4 Å². The Morgan fingerprint density at radius 2 is 1.97 bits per heavy atom. The van der Waals surface area contributed by atoms with Crippen LogP contribution in [0.4, 0.5) is 5.82 Å². The van der Waals surface area contributed by atoms with Gasteiger partial charge in [-0.2, -0.15) is 0 Å². The van der Waals surface area contributed by atoms with Crippen molar-refractivity contribution in [1.82, 2.24) is 19.7 Å². The van der Waals surface area contributed by atoms with Crippen LogP contribution in [0.3, 0.4) is 0 Å². The van der Waals surface area contributed by atoms with Crippen LogP contribution in [-0.2, 0) is 0 Å². The summed E-state index contributed by atoms with van der Waals surface area (Å²) in [6.07, 6.45) is 17.4. The van der Waals surface area contributed by atoms with Gasteiger partial charge in [-0.3, -0.25) is 4.40 Å².